The summed E-state index contributed by atoms with van der Waals surface area (Å²) in [5.74, 6) is -1.74. The fraction of sp³-hybridized carbons (Fsp3) is 0.467. The van der Waals surface area contributed by atoms with Gasteiger partial charge in [0.2, 0.25) is 5.91 Å². The van der Waals surface area contributed by atoms with E-state index in [0.717, 1.165) is 43.9 Å². The van der Waals surface area contributed by atoms with Gasteiger partial charge in [-0.3, -0.25) is 4.79 Å². The number of halogens is 1. The third-order valence-corrected chi connectivity index (χ3v) is 4.02. The number of carboxylic acid groups (broad SMARTS) is 1. The molecule has 0 atom stereocenters. The van der Waals surface area contributed by atoms with E-state index in [1.54, 1.807) is 0 Å². The molecule has 21 heavy (non-hydrogen) atoms. The smallest absolute Gasteiger partial charge is 0.337 e. The van der Waals surface area contributed by atoms with Gasteiger partial charge in [-0.1, -0.05) is 0 Å². The molecule has 1 aromatic carbocycles. The van der Waals surface area contributed by atoms with E-state index in [4.69, 9.17) is 10.8 Å². The zero-order chi connectivity index (χ0) is 15.4. The average molecular weight is 294 g/mol. The Kier molecular flexibility index (Phi) is 4.90. The molecule has 1 aliphatic carbocycles. The summed E-state index contributed by atoms with van der Waals surface area (Å²) in [5, 5.41) is 11.6. The average Bonchev–Trinajstić information content (AvgIpc) is 2.47. The number of carboxylic acids is 1. The number of nitrogens with two attached hydrogens (primary N) is 1. The molecule has 0 aromatic heterocycles. The van der Waals surface area contributed by atoms with Crippen molar-refractivity contribution < 1.29 is 19.1 Å². The lowest BCUT2D eigenvalue weighted by molar-refractivity contribution is -0.121. The summed E-state index contributed by atoms with van der Waals surface area (Å²) in [5.41, 5.74) is 5.51. The van der Waals surface area contributed by atoms with Gasteiger partial charge in [-0.25, -0.2) is 9.18 Å². The number of nitrogens with one attached hydrogen (secondary N) is 1. The number of benzene rings is 1. The van der Waals surface area contributed by atoms with Gasteiger partial charge in [0.1, 0.15) is 5.82 Å². The standard InChI is InChI=1S/C15H19FN2O3/c16-11-5-6-12(15(20)21)13(7-11)18-14(19)10-3-1-9(8-17)2-4-10/h5-7,9-10H,1-4,8,17H2,(H,18,19)(H,20,21). The van der Waals surface area contributed by atoms with Crippen molar-refractivity contribution in [1.29, 1.82) is 0 Å². The third kappa shape index (κ3) is 3.78. The van der Waals surface area contributed by atoms with Gasteiger partial charge in [0.15, 0.2) is 0 Å². The van der Waals surface area contributed by atoms with Gasteiger partial charge < -0.3 is 16.2 Å². The zero-order valence-corrected chi connectivity index (χ0v) is 11.6. The van der Waals surface area contributed by atoms with E-state index in [2.05, 4.69) is 5.32 Å². The first-order valence-corrected chi connectivity index (χ1v) is 7.05. The highest BCUT2D eigenvalue weighted by Gasteiger charge is 2.26. The number of hydrogen-bond acceptors (Lipinski definition) is 3. The van der Waals surface area contributed by atoms with Crippen LogP contribution >= 0.6 is 0 Å². The molecule has 4 N–H and O–H groups in total. The molecule has 5 nitrogen and oxygen atoms in total. The summed E-state index contributed by atoms with van der Waals surface area (Å²) in [6.07, 6.45) is 3.24. The second-order valence-electron chi connectivity index (χ2n) is 5.44. The van der Waals surface area contributed by atoms with Crippen LogP contribution in [0.3, 0.4) is 0 Å². The fourth-order valence-corrected chi connectivity index (χ4v) is 2.70. The first-order valence-electron chi connectivity index (χ1n) is 7.05. The number of rotatable bonds is 4. The van der Waals surface area contributed by atoms with Gasteiger partial charge in [-0.05, 0) is 56.3 Å². The van der Waals surface area contributed by atoms with Gasteiger partial charge in [0.05, 0.1) is 11.3 Å². The van der Waals surface area contributed by atoms with Crippen molar-refractivity contribution >= 4 is 17.6 Å². The molecule has 1 amide bonds. The van der Waals surface area contributed by atoms with Crippen LogP contribution in [0, 0.1) is 17.7 Å². The summed E-state index contributed by atoms with van der Waals surface area (Å²) in [4.78, 5) is 23.3. The van der Waals surface area contributed by atoms with Crippen LogP contribution in [0.1, 0.15) is 36.0 Å². The van der Waals surface area contributed by atoms with Crippen molar-refractivity contribution in [2.45, 2.75) is 25.7 Å². The van der Waals surface area contributed by atoms with Crippen LogP contribution in [0.15, 0.2) is 18.2 Å². The van der Waals surface area contributed by atoms with E-state index in [-0.39, 0.29) is 23.1 Å². The first-order chi connectivity index (χ1) is 10.0. The Morgan fingerprint density at radius 2 is 1.95 bits per heavy atom. The van der Waals surface area contributed by atoms with Crippen molar-refractivity contribution in [1.82, 2.24) is 0 Å². The Morgan fingerprint density at radius 3 is 2.52 bits per heavy atom. The van der Waals surface area contributed by atoms with Crippen LogP contribution in [0.25, 0.3) is 0 Å². The number of aromatic carboxylic acids is 1. The Bertz CT molecular complexity index is 540. The van der Waals surface area contributed by atoms with Crippen molar-refractivity contribution in [2.75, 3.05) is 11.9 Å². The van der Waals surface area contributed by atoms with Gasteiger partial charge in [0, 0.05) is 5.92 Å². The van der Waals surface area contributed by atoms with Crippen molar-refractivity contribution in [3.8, 4) is 0 Å². The summed E-state index contributed by atoms with van der Waals surface area (Å²) in [6, 6.07) is 3.25. The van der Waals surface area contributed by atoms with Gasteiger partial charge in [0.25, 0.3) is 0 Å². The normalized spacial score (nSPS) is 21.8. The molecule has 1 saturated carbocycles. The van der Waals surface area contributed by atoms with Crippen molar-refractivity contribution in [2.24, 2.45) is 17.6 Å². The number of amides is 1. The maximum Gasteiger partial charge on any atom is 0.337 e. The second kappa shape index (κ2) is 6.67. The number of hydrogen-bond donors (Lipinski definition) is 3. The van der Waals surface area contributed by atoms with E-state index >= 15 is 0 Å². The van der Waals surface area contributed by atoms with E-state index in [0.29, 0.717) is 12.5 Å². The molecule has 0 radical (unpaired) electrons. The van der Waals surface area contributed by atoms with Crippen LogP contribution in [-0.2, 0) is 4.79 Å². The molecule has 6 heteroatoms. The van der Waals surface area contributed by atoms with E-state index in [9.17, 15) is 14.0 Å². The quantitative estimate of drug-likeness (QED) is 0.794. The molecule has 1 aliphatic rings. The Morgan fingerprint density at radius 1 is 1.29 bits per heavy atom. The maximum absolute atomic E-state index is 13.2. The minimum atomic E-state index is -1.20. The number of carbonyl (C=O) groups is 2. The van der Waals surface area contributed by atoms with Crippen LogP contribution in [0.2, 0.25) is 0 Å². The van der Waals surface area contributed by atoms with Crippen LogP contribution in [0.4, 0.5) is 10.1 Å². The minimum Gasteiger partial charge on any atom is -0.478 e. The predicted octanol–water partition coefficient (Wildman–Crippen LogP) is 2.23. The molecule has 0 saturated heterocycles. The molecule has 0 unspecified atom stereocenters. The van der Waals surface area contributed by atoms with Gasteiger partial charge in [-0.15, -0.1) is 0 Å². The highest BCUT2D eigenvalue weighted by atomic mass is 19.1. The lowest BCUT2D eigenvalue weighted by Gasteiger charge is -2.26. The predicted molar refractivity (Wildman–Crippen MR) is 76.5 cm³/mol. The maximum atomic E-state index is 13.2. The third-order valence-electron chi connectivity index (χ3n) is 4.02. The number of carbonyl (C=O) groups excluding carboxylic acids is 1. The minimum absolute atomic E-state index is 0.00782. The first kappa shape index (κ1) is 15.4. The van der Waals surface area contributed by atoms with Crippen LogP contribution in [0.5, 0.6) is 0 Å². The Hall–Kier alpha value is -1.95. The Labute approximate surface area is 122 Å². The molecule has 2 rings (SSSR count). The molecule has 0 spiro atoms. The monoisotopic (exact) mass is 294 g/mol. The Balaban J connectivity index is 2.06. The van der Waals surface area contributed by atoms with Gasteiger partial charge in [-0.2, -0.15) is 0 Å². The molecule has 114 valence electrons. The van der Waals surface area contributed by atoms with Gasteiger partial charge >= 0.3 is 5.97 Å². The number of anilines is 1. The lowest BCUT2D eigenvalue weighted by Crippen LogP contribution is -2.29. The zero-order valence-electron chi connectivity index (χ0n) is 11.6. The summed E-state index contributed by atoms with van der Waals surface area (Å²) < 4.78 is 13.2. The second-order valence-corrected chi connectivity index (χ2v) is 5.44. The molecule has 0 bridgehead atoms. The summed E-state index contributed by atoms with van der Waals surface area (Å²) >= 11 is 0. The highest BCUT2D eigenvalue weighted by Crippen LogP contribution is 2.29. The summed E-state index contributed by atoms with van der Waals surface area (Å²) in [7, 11) is 0. The largest absolute Gasteiger partial charge is 0.478 e. The van der Waals surface area contributed by atoms with Crippen molar-refractivity contribution in [3.05, 3.63) is 29.6 Å². The van der Waals surface area contributed by atoms with Crippen LogP contribution in [-0.4, -0.2) is 23.5 Å². The highest BCUT2D eigenvalue weighted by molar-refractivity contribution is 6.01. The van der Waals surface area contributed by atoms with E-state index in [1.165, 1.54) is 0 Å². The molecule has 1 aromatic rings. The topological polar surface area (TPSA) is 92.4 Å². The van der Waals surface area contributed by atoms with E-state index in [1.807, 2.05) is 0 Å². The van der Waals surface area contributed by atoms with E-state index < -0.39 is 11.8 Å². The molecule has 0 aliphatic heterocycles. The van der Waals surface area contributed by atoms with Crippen LogP contribution < -0.4 is 11.1 Å². The molecular formula is C15H19FN2O3. The molecule has 1 fully saturated rings. The lowest BCUT2D eigenvalue weighted by atomic mass is 9.81. The fourth-order valence-electron chi connectivity index (χ4n) is 2.70. The SMILES string of the molecule is NCC1CCC(C(=O)Nc2cc(F)ccc2C(=O)O)CC1. The van der Waals surface area contributed by atoms with Crippen molar-refractivity contribution in [3.63, 3.8) is 0 Å². The summed E-state index contributed by atoms with van der Waals surface area (Å²) in [6.45, 7) is 0.626. The molecular weight excluding hydrogens is 275 g/mol. The molecule has 0 heterocycles.